The summed E-state index contributed by atoms with van der Waals surface area (Å²) in [7, 11) is 0. The zero-order valence-electron chi connectivity index (χ0n) is 12.6. The van der Waals surface area contributed by atoms with E-state index in [0.717, 1.165) is 31.4 Å². The third-order valence-corrected chi connectivity index (χ3v) is 4.64. The second kappa shape index (κ2) is 7.56. The molecule has 0 unspecified atom stereocenters. The van der Waals surface area contributed by atoms with Gasteiger partial charge in [-0.05, 0) is 38.3 Å². The summed E-state index contributed by atoms with van der Waals surface area (Å²) in [6.45, 7) is 5.62. The maximum Gasteiger partial charge on any atom is 0.341 e. The lowest BCUT2D eigenvalue weighted by atomic mass is 10.1. The molecule has 0 spiro atoms. The van der Waals surface area contributed by atoms with Crippen molar-refractivity contribution in [3.63, 3.8) is 0 Å². The predicted octanol–water partition coefficient (Wildman–Crippen LogP) is 2.35. The van der Waals surface area contributed by atoms with Crippen LogP contribution in [0.2, 0.25) is 0 Å². The topological polar surface area (TPSA) is 67.4 Å². The number of carbonyl (C=O) groups excluding carboxylic acids is 2. The van der Waals surface area contributed by atoms with E-state index >= 15 is 0 Å². The standard InChI is InChI=1S/C15H22N2O3S/c1-3-16-9-8-12(18)17-14-13(15(19)20-4-2)10-6-5-7-11(10)21-14/h16H,3-9H2,1-2H3,(H,17,18). The van der Waals surface area contributed by atoms with E-state index in [9.17, 15) is 9.59 Å². The summed E-state index contributed by atoms with van der Waals surface area (Å²) in [6.07, 6.45) is 3.35. The number of rotatable bonds is 7. The highest BCUT2D eigenvalue weighted by Gasteiger charge is 2.28. The van der Waals surface area contributed by atoms with Crippen LogP contribution >= 0.6 is 11.3 Å². The Morgan fingerprint density at radius 1 is 1.29 bits per heavy atom. The third-order valence-electron chi connectivity index (χ3n) is 3.43. The lowest BCUT2D eigenvalue weighted by molar-refractivity contribution is -0.116. The minimum Gasteiger partial charge on any atom is -0.462 e. The number of carbonyl (C=O) groups is 2. The summed E-state index contributed by atoms with van der Waals surface area (Å²) in [5.74, 6) is -0.389. The lowest BCUT2D eigenvalue weighted by Gasteiger charge is -2.08. The maximum absolute atomic E-state index is 12.1. The largest absolute Gasteiger partial charge is 0.462 e. The van der Waals surface area contributed by atoms with Crippen molar-refractivity contribution in [3.05, 3.63) is 16.0 Å². The van der Waals surface area contributed by atoms with Crippen LogP contribution in [0.15, 0.2) is 0 Å². The van der Waals surface area contributed by atoms with Crippen molar-refractivity contribution in [2.24, 2.45) is 0 Å². The fourth-order valence-corrected chi connectivity index (χ4v) is 3.77. The summed E-state index contributed by atoms with van der Waals surface area (Å²) in [4.78, 5) is 25.3. The van der Waals surface area contributed by atoms with Crippen LogP contribution in [0.25, 0.3) is 0 Å². The smallest absolute Gasteiger partial charge is 0.341 e. The van der Waals surface area contributed by atoms with Crippen LogP contribution in [-0.2, 0) is 22.4 Å². The van der Waals surface area contributed by atoms with Gasteiger partial charge in [-0.25, -0.2) is 4.79 Å². The zero-order valence-corrected chi connectivity index (χ0v) is 13.4. The van der Waals surface area contributed by atoms with Crippen molar-refractivity contribution in [1.82, 2.24) is 5.32 Å². The van der Waals surface area contributed by atoms with E-state index < -0.39 is 0 Å². The lowest BCUT2D eigenvalue weighted by Crippen LogP contribution is -2.22. The quantitative estimate of drug-likeness (QED) is 0.599. The van der Waals surface area contributed by atoms with Crippen LogP contribution < -0.4 is 10.6 Å². The number of hydrogen-bond acceptors (Lipinski definition) is 5. The second-order valence-electron chi connectivity index (χ2n) is 4.93. The molecule has 1 amide bonds. The molecule has 0 aromatic carbocycles. The molecule has 0 aliphatic heterocycles. The first-order valence-corrected chi connectivity index (χ1v) is 8.31. The molecular formula is C15H22N2O3S. The van der Waals surface area contributed by atoms with E-state index in [1.54, 1.807) is 6.92 Å². The summed E-state index contributed by atoms with van der Waals surface area (Å²) in [5.41, 5.74) is 1.64. The van der Waals surface area contributed by atoms with Crippen LogP contribution in [0, 0.1) is 0 Å². The van der Waals surface area contributed by atoms with Crippen molar-refractivity contribution in [1.29, 1.82) is 0 Å². The van der Waals surface area contributed by atoms with Gasteiger partial charge in [0, 0.05) is 17.8 Å². The fraction of sp³-hybridized carbons (Fsp3) is 0.600. The van der Waals surface area contributed by atoms with Crippen LogP contribution in [0.3, 0.4) is 0 Å². The number of hydrogen-bond donors (Lipinski definition) is 2. The molecule has 2 rings (SSSR count). The van der Waals surface area contributed by atoms with E-state index in [1.807, 2.05) is 6.92 Å². The minimum atomic E-state index is -0.320. The number of anilines is 1. The molecule has 1 aromatic heterocycles. The Morgan fingerprint density at radius 2 is 2.10 bits per heavy atom. The Morgan fingerprint density at radius 3 is 2.81 bits per heavy atom. The van der Waals surface area contributed by atoms with Crippen molar-refractivity contribution >= 4 is 28.2 Å². The average molecular weight is 310 g/mol. The molecule has 5 nitrogen and oxygen atoms in total. The van der Waals surface area contributed by atoms with Gasteiger partial charge in [0.05, 0.1) is 12.2 Å². The molecule has 0 saturated heterocycles. The Balaban J connectivity index is 2.12. The van der Waals surface area contributed by atoms with Crippen LogP contribution in [0.1, 0.15) is 47.5 Å². The van der Waals surface area contributed by atoms with Gasteiger partial charge in [0.2, 0.25) is 5.91 Å². The normalized spacial score (nSPS) is 13.0. The molecule has 1 aliphatic rings. The molecule has 0 fully saturated rings. The Bertz CT molecular complexity index is 525. The first-order valence-electron chi connectivity index (χ1n) is 7.49. The van der Waals surface area contributed by atoms with Crippen molar-refractivity contribution < 1.29 is 14.3 Å². The molecule has 1 heterocycles. The number of ether oxygens (including phenoxy) is 1. The van der Waals surface area contributed by atoms with E-state index in [1.165, 1.54) is 16.2 Å². The fourth-order valence-electron chi connectivity index (χ4n) is 2.48. The van der Waals surface area contributed by atoms with Gasteiger partial charge in [0.1, 0.15) is 5.00 Å². The second-order valence-corrected chi connectivity index (χ2v) is 6.04. The monoisotopic (exact) mass is 310 g/mol. The van der Waals surface area contributed by atoms with Crippen LogP contribution in [-0.4, -0.2) is 31.6 Å². The van der Waals surface area contributed by atoms with Gasteiger partial charge < -0.3 is 15.4 Å². The van der Waals surface area contributed by atoms with Crippen LogP contribution in [0.5, 0.6) is 0 Å². The van der Waals surface area contributed by atoms with Gasteiger partial charge in [-0.15, -0.1) is 11.3 Å². The van der Waals surface area contributed by atoms with E-state index in [0.29, 0.717) is 30.1 Å². The maximum atomic E-state index is 12.1. The van der Waals surface area contributed by atoms with Gasteiger partial charge in [-0.3, -0.25) is 4.79 Å². The van der Waals surface area contributed by atoms with Gasteiger partial charge >= 0.3 is 5.97 Å². The third kappa shape index (κ3) is 3.83. The van der Waals surface area contributed by atoms with Gasteiger partial charge in [-0.1, -0.05) is 6.92 Å². The molecule has 0 radical (unpaired) electrons. The van der Waals surface area contributed by atoms with Crippen molar-refractivity contribution in [2.75, 3.05) is 25.0 Å². The number of esters is 1. The predicted molar refractivity (Wildman–Crippen MR) is 84.1 cm³/mol. The number of thiophene rings is 1. The van der Waals surface area contributed by atoms with Crippen molar-refractivity contribution in [3.8, 4) is 0 Å². The molecule has 2 N–H and O–H groups in total. The highest BCUT2D eigenvalue weighted by molar-refractivity contribution is 7.17. The molecule has 0 saturated carbocycles. The number of nitrogens with one attached hydrogen (secondary N) is 2. The molecule has 1 aliphatic carbocycles. The molecule has 0 atom stereocenters. The Hall–Kier alpha value is -1.40. The van der Waals surface area contributed by atoms with Gasteiger partial charge in [0.25, 0.3) is 0 Å². The average Bonchev–Trinajstić information content (AvgIpc) is 2.99. The Labute approximate surface area is 129 Å². The highest BCUT2D eigenvalue weighted by atomic mass is 32.1. The molecular weight excluding hydrogens is 288 g/mol. The SMILES string of the molecule is CCNCCC(=O)Nc1sc2c(c1C(=O)OCC)CCC2. The highest BCUT2D eigenvalue weighted by Crippen LogP contribution is 2.39. The summed E-state index contributed by atoms with van der Waals surface area (Å²) < 4.78 is 5.14. The van der Waals surface area contributed by atoms with Gasteiger partial charge in [0.15, 0.2) is 0 Å². The molecule has 0 bridgehead atoms. The number of fused-ring (bicyclic) bond motifs is 1. The van der Waals surface area contributed by atoms with Gasteiger partial charge in [-0.2, -0.15) is 0 Å². The van der Waals surface area contributed by atoms with E-state index in [4.69, 9.17) is 4.74 Å². The minimum absolute atomic E-state index is 0.0681. The summed E-state index contributed by atoms with van der Waals surface area (Å²) in [5, 5.41) is 6.64. The Kier molecular flexibility index (Phi) is 5.76. The molecule has 6 heteroatoms. The van der Waals surface area contributed by atoms with E-state index in [-0.39, 0.29) is 11.9 Å². The first kappa shape index (κ1) is 16.0. The molecule has 1 aromatic rings. The van der Waals surface area contributed by atoms with Crippen LogP contribution in [0.4, 0.5) is 5.00 Å². The number of amides is 1. The zero-order chi connectivity index (χ0) is 15.2. The summed E-state index contributed by atoms with van der Waals surface area (Å²) in [6, 6.07) is 0. The summed E-state index contributed by atoms with van der Waals surface area (Å²) >= 11 is 1.52. The molecule has 116 valence electrons. The molecule has 21 heavy (non-hydrogen) atoms. The first-order chi connectivity index (χ1) is 10.2. The number of aryl methyl sites for hydroxylation is 1. The van der Waals surface area contributed by atoms with Crippen molar-refractivity contribution in [2.45, 2.75) is 39.5 Å². The van der Waals surface area contributed by atoms with E-state index in [2.05, 4.69) is 10.6 Å².